The molecule has 0 radical (unpaired) electrons. The van der Waals surface area contributed by atoms with Crippen molar-refractivity contribution in [3.63, 3.8) is 0 Å². The summed E-state index contributed by atoms with van der Waals surface area (Å²) in [6, 6.07) is 5.75. The Morgan fingerprint density at radius 1 is 1.39 bits per heavy atom. The van der Waals surface area contributed by atoms with Gasteiger partial charge in [-0.25, -0.2) is 9.37 Å². The molecule has 4 heteroatoms. The van der Waals surface area contributed by atoms with Gasteiger partial charge in [-0.15, -0.1) is 0 Å². The number of likely N-dealkylation sites (N-methyl/N-ethyl adjacent to an activating group) is 1. The van der Waals surface area contributed by atoms with E-state index in [1.165, 1.54) is 22.3 Å². The number of nitrogens with zero attached hydrogens (tertiary/aromatic N) is 1. The normalized spacial score (nSPS) is 25.7. The Hall–Kier alpha value is -2.10. The van der Waals surface area contributed by atoms with Gasteiger partial charge in [0.25, 0.3) is 6.04 Å². The second-order valence-corrected chi connectivity index (χ2v) is 7.19. The molecule has 0 saturated carbocycles. The molecule has 1 aromatic carbocycles. The fourth-order valence-electron chi connectivity index (χ4n) is 4.05. The lowest BCUT2D eigenvalue weighted by Crippen LogP contribution is -2.28. The first kappa shape index (κ1) is 15.8. The van der Waals surface area contributed by atoms with Crippen molar-refractivity contribution in [1.29, 1.82) is 0 Å². The molecule has 1 unspecified atom stereocenters. The van der Waals surface area contributed by atoms with Gasteiger partial charge < -0.3 is 9.84 Å². The summed E-state index contributed by atoms with van der Waals surface area (Å²) in [5.41, 5.74) is 6.08. The van der Waals surface area contributed by atoms with Crippen LogP contribution in [0.15, 0.2) is 23.8 Å². The predicted molar refractivity (Wildman–Crippen MR) is 90.3 cm³/mol. The quantitative estimate of drug-likeness (QED) is 0.854. The van der Waals surface area contributed by atoms with E-state index in [2.05, 4.69) is 26.0 Å². The van der Waals surface area contributed by atoms with Crippen LogP contribution in [0.5, 0.6) is 5.75 Å². The van der Waals surface area contributed by atoms with Crippen LogP contribution in [-0.4, -0.2) is 41.6 Å². The van der Waals surface area contributed by atoms with Crippen LogP contribution in [0.4, 0.5) is 0 Å². The Balaban J connectivity index is 2.19. The molecule has 122 valence electrons. The van der Waals surface area contributed by atoms with Crippen molar-refractivity contribution in [1.82, 2.24) is 0 Å². The zero-order valence-corrected chi connectivity index (χ0v) is 14.4. The second kappa shape index (κ2) is 5.22. The molecular weight excluding hydrogens is 290 g/mol. The molecule has 1 N–H and O–H groups in total. The van der Waals surface area contributed by atoms with Gasteiger partial charge >= 0.3 is 5.97 Å². The summed E-state index contributed by atoms with van der Waals surface area (Å²) < 4.78 is 7.24. The van der Waals surface area contributed by atoms with Gasteiger partial charge in [-0.05, 0) is 40.7 Å². The number of carboxylic acid groups (broad SMARTS) is 1. The Bertz CT molecular complexity index is 756. The van der Waals surface area contributed by atoms with Crippen molar-refractivity contribution in [2.45, 2.75) is 39.7 Å². The van der Waals surface area contributed by atoms with Crippen LogP contribution in [0.25, 0.3) is 5.57 Å². The van der Waals surface area contributed by atoms with E-state index in [0.29, 0.717) is 6.42 Å². The predicted octanol–water partition coefficient (Wildman–Crippen LogP) is 2.99. The number of hydrogen-bond acceptors (Lipinski definition) is 2. The van der Waals surface area contributed by atoms with Gasteiger partial charge in [-0.3, -0.25) is 0 Å². The molecule has 0 aromatic heterocycles. The van der Waals surface area contributed by atoms with Crippen molar-refractivity contribution < 1.29 is 19.2 Å². The summed E-state index contributed by atoms with van der Waals surface area (Å²) in [4.78, 5) is 11.5. The zero-order valence-electron chi connectivity index (χ0n) is 14.4. The summed E-state index contributed by atoms with van der Waals surface area (Å²) in [7, 11) is 3.56. The molecular formula is C19H24NO3+. The fourth-order valence-corrected chi connectivity index (χ4v) is 4.05. The van der Waals surface area contributed by atoms with Crippen LogP contribution < -0.4 is 4.74 Å². The summed E-state index contributed by atoms with van der Waals surface area (Å²) in [5.74, 6) is 0.117. The lowest BCUT2D eigenvalue weighted by atomic mass is 9.80. The van der Waals surface area contributed by atoms with Crippen LogP contribution >= 0.6 is 0 Å². The zero-order chi connectivity index (χ0) is 16.9. The molecule has 0 saturated heterocycles. The van der Waals surface area contributed by atoms with Crippen LogP contribution in [0.3, 0.4) is 0 Å². The van der Waals surface area contributed by atoms with E-state index in [0.717, 1.165) is 17.9 Å². The SMILES string of the molecule is COc1ccc2c(c1)CC(C)(C)/C2=C1/CC(C(=O)O)[N+](C)=C1C. The molecule has 1 aromatic rings. The first-order valence-corrected chi connectivity index (χ1v) is 7.96. The first-order chi connectivity index (χ1) is 10.8. The summed E-state index contributed by atoms with van der Waals surface area (Å²) in [5, 5.41) is 9.46. The average molecular weight is 314 g/mol. The molecule has 1 heterocycles. The van der Waals surface area contributed by atoms with Gasteiger partial charge in [0, 0.05) is 12.5 Å². The number of hydrogen-bond donors (Lipinski definition) is 1. The Morgan fingerprint density at radius 2 is 2.09 bits per heavy atom. The number of ether oxygens (including phenoxy) is 1. The van der Waals surface area contributed by atoms with Crippen LogP contribution in [0, 0.1) is 5.41 Å². The van der Waals surface area contributed by atoms with E-state index in [4.69, 9.17) is 4.74 Å². The van der Waals surface area contributed by atoms with E-state index in [1.807, 2.05) is 24.6 Å². The number of aliphatic carboxylic acids is 1. The molecule has 0 amide bonds. The highest BCUT2D eigenvalue weighted by Crippen LogP contribution is 2.50. The topological polar surface area (TPSA) is 49.5 Å². The maximum Gasteiger partial charge on any atom is 0.373 e. The number of carboxylic acids is 1. The molecule has 23 heavy (non-hydrogen) atoms. The van der Waals surface area contributed by atoms with Gasteiger partial charge in [0.05, 0.1) is 13.5 Å². The molecule has 0 bridgehead atoms. The third kappa shape index (κ3) is 2.37. The van der Waals surface area contributed by atoms with Gasteiger partial charge in [0.1, 0.15) is 12.8 Å². The van der Waals surface area contributed by atoms with Crippen molar-refractivity contribution >= 4 is 17.3 Å². The number of methoxy groups -OCH3 is 1. The van der Waals surface area contributed by atoms with Gasteiger partial charge in [0.15, 0.2) is 5.71 Å². The van der Waals surface area contributed by atoms with Crippen LogP contribution in [0.2, 0.25) is 0 Å². The highest BCUT2D eigenvalue weighted by Gasteiger charge is 2.44. The number of benzene rings is 1. The van der Waals surface area contributed by atoms with E-state index in [-0.39, 0.29) is 5.41 Å². The third-order valence-electron chi connectivity index (χ3n) is 5.31. The second-order valence-electron chi connectivity index (χ2n) is 7.19. The number of carbonyl (C=O) groups is 1. The summed E-state index contributed by atoms with van der Waals surface area (Å²) >= 11 is 0. The molecule has 1 aliphatic heterocycles. The van der Waals surface area contributed by atoms with Crippen LogP contribution in [0.1, 0.15) is 38.3 Å². The fraction of sp³-hybridized carbons (Fsp3) is 0.474. The summed E-state index contributed by atoms with van der Waals surface area (Å²) in [6.07, 6.45) is 1.52. The van der Waals surface area contributed by atoms with Gasteiger partial charge in [-0.1, -0.05) is 19.9 Å². The van der Waals surface area contributed by atoms with E-state index in [1.54, 1.807) is 7.11 Å². The van der Waals surface area contributed by atoms with Crippen molar-refractivity contribution in [3.05, 3.63) is 34.9 Å². The number of fused-ring (bicyclic) bond motifs is 1. The Kier molecular flexibility index (Phi) is 3.58. The van der Waals surface area contributed by atoms with Crippen LogP contribution in [-0.2, 0) is 11.2 Å². The molecule has 2 aliphatic rings. The maximum atomic E-state index is 11.5. The monoisotopic (exact) mass is 314 g/mol. The molecule has 0 fully saturated rings. The smallest absolute Gasteiger partial charge is 0.373 e. The minimum absolute atomic E-state index is 0.000471. The number of allylic oxidation sites excluding steroid dienone is 1. The van der Waals surface area contributed by atoms with Crippen molar-refractivity contribution in [3.8, 4) is 5.75 Å². The lowest BCUT2D eigenvalue weighted by molar-refractivity contribution is -0.518. The van der Waals surface area contributed by atoms with Crippen molar-refractivity contribution in [2.24, 2.45) is 5.41 Å². The molecule has 0 spiro atoms. The molecule has 1 aliphatic carbocycles. The molecule has 3 rings (SSSR count). The highest BCUT2D eigenvalue weighted by atomic mass is 16.5. The van der Waals surface area contributed by atoms with Gasteiger partial charge in [-0.2, -0.15) is 0 Å². The van der Waals surface area contributed by atoms with Crippen molar-refractivity contribution in [2.75, 3.05) is 14.2 Å². The third-order valence-corrected chi connectivity index (χ3v) is 5.31. The van der Waals surface area contributed by atoms with E-state index in [9.17, 15) is 9.90 Å². The lowest BCUT2D eigenvalue weighted by Gasteiger charge is -2.22. The minimum Gasteiger partial charge on any atom is -0.497 e. The van der Waals surface area contributed by atoms with E-state index < -0.39 is 12.0 Å². The standard InChI is InChI=1S/C19H23NO3/c1-11-15(9-16(18(21)22)20(11)4)17-14-7-6-13(23-5)8-12(14)10-19(17,2)3/h6-8,16H,9-10H2,1-5H3/p+1/b17-15-. The molecule has 1 atom stereocenters. The average Bonchev–Trinajstić information content (AvgIpc) is 2.91. The van der Waals surface area contributed by atoms with Gasteiger partial charge in [0.2, 0.25) is 0 Å². The largest absolute Gasteiger partial charge is 0.497 e. The minimum atomic E-state index is -0.756. The highest BCUT2D eigenvalue weighted by molar-refractivity contribution is 6.06. The first-order valence-electron chi connectivity index (χ1n) is 7.96. The Morgan fingerprint density at radius 3 is 2.65 bits per heavy atom. The maximum absolute atomic E-state index is 11.5. The Labute approximate surface area is 137 Å². The summed E-state index contributed by atoms with van der Waals surface area (Å²) in [6.45, 7) is 6.51. The molecule has 4 nitrogen and oxygen atoms in total. The number of rotatable bonds is 2. The van der Waals surface area contributed by atoms with E-state index >= 15 is 0 Å².